The average Bonchev–Trinajstić information content (AvgIpc) is 3.15. The second kappa shape index (κ2) is 5.99. The van der Waals surface area contributed by atoms with Crippen LogP contribution in [0.25, 0.3) is 0 Å². The van der Waals surface area contributed by atoms with Crippen LogP contribution in [0, 0.1) is 0 Å². The number of hydrogen-bond acceptors (Lipinski definition) is 6. The molecule has 132 valence electrons. The van der Waals surface area contributed by atoms with Gasteiger partial charge in [0.05, 0.1) is 11.5 Å². The lowest BCUT2D eigenvalue weighted by atomic mass is 10.2. The quantitative estimate of drug-likeness (QED) is 0.889. The molecule has 1 N–H and O–H groups in total. The molecule has 2 aliphatic rings. The molecule has 2 amide bonds. The van der Waals surface area contributed by atoms with Gasteiger partial charge in [-0.25, -0.2) is 13.2 Å². The van der Waals surface area contributed by atoms with Gasteiger partial charge in [0.2, 0.25) is 6.79 Å². The van der Waals surface area contributed by atoms with Crippen molar-refractivity contribution in [3.63, 3.8) is 0 Å². The Bertz CT molecular complexity index is 887. The first kappa shape index (κ1) is 15.8. The molecule has 25 heavy (non-hydrogen) atoms. The molecule has 1 aromatic heterocycles. The first-order valence-corrected chi connectivity index (χ1v) is 9.42. The van der Waals surface area contributed by atoms with Crippen molar-refractivity contribution in [2.75, 3.05) is 25.2 Å². The molecule has 0 atom stereocenters. The van der Waals surface area contributed by atoms with E-state index >= 15 is 0 Å². The van der Waals surface area contributed by atoms with Gasteiger partial charge in [0.15, 0.2) is 21.3 Å². The number of amides is 2. The van der Waals surface area contributed by atoms with Crippen molar-refractivity contribution in [2.24, 2.45) is 0 Å². The fourth-order valence-corrected chi connectivity index (χ4v) is 4.33. The normalized spacial score (nSPS) is 16.6. The molecule has 2 aromatic rings. The summed E-state index contributed by atoms with van der Waals surface area (Å²) in [6.45, 7) is 0.493. The van der Waals surface area contributed by atoms with E-state index in [0.29, 0.717) is 22.9 Å². The summed E-state index contributed by atoms with van der Waals surface area (Å²) in [6.07, 6.45) is 1.44. The Labute approximate surface area is 144 Å². The largest absolute Gasteiger partial charge is 0.468 e. The number of benzene rings is 1. The van der Waals surface area contributed by atoms with Crippen molar-refractivity contribution in [3.05, 3.63) is 42.4 Å². The van der Waals surface area contributed by atoms with Gasteiger partial charge in [-0.2, -0.15) is 0 Å². The molecule has 0 aliphatic carbocycles. The number of anilines is 1. The van der Waals surface area contributed by atoms with Crippen molar-refractivity contribution in [1.29, 1.82) is 0 Å². The number of likely N-dealkylation sites (tertiary alicyclic amines) is 1. The summed E-state index contributed by atoms with van der Waals surface area (Å²) >= 11 is 0. The lowest BCUT2D eigenvalue weighted by molar-refractivity contribution is 0.174. The number of ether oxygens (including phenoxy) is 2. The molecular weight excluding hydrogens is 348 g/mol. The van der Waals surface area contributed by atoms with Crippen LogP contribution in [0.4, 0.5) is 10.5 Å². The smallest absolute Gasteiger partial charge is 0.321 e. The number of hydrogen-bond donors (Lipinski definition) is 1. The summed E-state index contributed by atoms with van der Waals surface area (Å²) in [7, 11) is -3.35. The highest BCUT2D eigenvalue weighted by atomic mass is 32.2. The van der Waals surface area contributed by atoms with E-state index < -0.39 is 15.1 Å². The van der Waals surface area contributed by atoms with Gasteiger partial charge in [-0.15, -0.1) is 0 Å². The van der Waals surface area contributed by atoms with Crippen LogP contribution in [0.5, 0.6) is 11.5 Å². The number of nitrogens with zero attached hydrogens (tertiary/aromatic N) is 1. The predicted molar refractivity (Wildman–Crippen MR) is 88.3 cm³/mol. The molecule has 1 saturated heterocycles. The van der Waals surface area contributed by atoms with Gasteiger partial charge in [-0.3, -0.25) is 0 Å². The monoisotopic (exact) mass is 364 g/mol. The molecule has 0 radical (unpaired) electrons. The molecular formula is C16H16N2O6S. The van der Waals surface area contributed by atoms with Crippen LogP contribution >= 0.6 is 0 Å². The summed E-state index contributed by atoms with van der Waals surface area (Å²) in [5, 5.41) is 2.16. The summed E-state index contributed by atoms with van der Waals surface area (Å²) < 4.78 is 40.1. The van der Waals surface area contributed by atoms with E-state index in [9.17, 15) is 13.2 Å². The zero-order valence-electron chi connectivity index (χ0n) is 13.2. The van der Waals surface area contributed by atoms with Gasteiger partial charge in [0.1, 0.15) is 11.5 Å². The highest BCUT2D eigenvalue weighted by Crippen LogP contribution is 2.34. The topological polar surface area (TPSA) is 98.1 Å². The number of carbonyl (C=O) groups is 1. The van der Waals surface area contributed by atoms with Crippen LogP contribution < -0.4 is 14.8 Å². The van der Waals surface area contributed by atoms with Gasteiger partial charge in [-0.05, 0) is 24.3 Å². The summed E-state index contributed by atoms with van der Waals surface area (Å²) in [6, 6.07) is 8.02. The number of nitrogens with one attached hydrogen (secondary N) is 1. The first-order chi connectivity index (χ1) is 12.0. The first-order valence-electron chi connectivity index (χ1n) is 7.71. The van der Waals surface area contributed by atoms with E-state index in [1.807, 2.05) is 0 Å². The number of rotatable bonds is 4. The molecule has 0 spiro atoms. The Morgan fingerprint density at radius 2 is 2.00 bits per heavy atom. The number of urea groups is 1. The third-order valence-corrected chi connectivity index (χ3v) is 6.19. The van der Waals surface area contributed by atoms with Gasteiger partial charge < -0.3 is 24.1 Å². The van der Waals surface area contributed by atoms with E-state index in [-0.39, 0.29) is 31.7 Å². The zero-order valence-corrected chi connectivity index (χ0v) is 14.0. The van der Waals surface area contributed by atoms with E-state index in [1.54, 1.807) is 30.3 Å². The Hall–Kier alpha value is -2.68. The second-order valence-electron chi connectivity index (χ2n) is 5.91. The molecule has 2 aliphatic heterocycles. The number of carbonyl (C=O) groups excluding carboxylic acids is 1. The molecule has 0 unspecified atom stereocenters. The number of fused-ring (bicyclic) bond motifs is 1. The van der Waals surface area contributed by atoms with Crippen molar-refractivity contribution < 1.29 is 27.1 Å². The lowest BCUT2D eigenvalue weighted by Crippen LogP contribution is -2.58. The van der Waals surface area contributed by atoms with E-state index in [4.69, 9.17) is 13.9 Å². The fourth-order valence-electron chi connectivity index (χ4n) is 2.72. The third kappa shape index (κ3) is 3.14. The molecule has 1 aromatic carbocycles. The van der Waals surface area contributed by atoms with Crippen molar-refractivity contribution in [2.45, 2.75) is 11.0 Å². The van der Waals surface area contributed by atoms with Gasteiger partial charge in [-0.1, -0.05) is 0 Å². The second-order valence-corrected chi connectivity index (χ2v) is 8.19. The average molecular weight is 364 g/mol. The molecule has 0 bridgehead atoms. The molecule has 0 saturated carbocycles. The number of furan rings is 1. The lowest BCUT2D eigenvalue weighted by Gasteiger charge is -2.38. The van der Waals surface area contributed by atoms with Crippen LogP contribution in [0.3, 0.4) is 0 Å². The van der Waals surface area contributed by atoms with Crippen LogP contribution in [0.1, 0.15) is 5.76 Å². The van der Waals surface area contributed by atoms with Crippen LogP contribution in [0.2, 0.25) is 0 Å². The highest BCUT2D eigenvalue weighted by Gasteiger charge is 2.40. The van der Waals surface area contributed by atoms with Crippen LogP contribution in [-0.4, -0.2) is 44.5 Å². The van der Waals surface area contributed by atoms with E-state index in [1.165, 1.54) is 11.2 Å². The summed E-state index contributed by atoms with van der Waals surface area (Å²) in [4.78, 5) is 13.7. The van der Waals surface area contributed by atoms with Crippen LogP contribution in [0.15, 0.2) is 41.0 Å². The predicted octanol–water partition coefficient (Wildman–Crippen LogP) is 1.84. The Kier molecular flexibility index (Phi) is 3.79. The molecule has 8 nitrogen and oxygen atoms in total. The Morgan fingerprint density at radius 3 is 2.76 bits per heavy atom. The summed E-state index contributed by atoms with van der Waals surface area (Å²) in [5.74, 6) is 1.46. The molecule has 3 heterocycles. The van der Waals surface area contributed by atoms with E-state index in [0.717, 1.165) is 0 Å². The minimum absolute atomic E-state index is 0.151. The zero-order chi connectivity index (χ0) is 17.4. The van der Waals surface area contributed by atoms with E-state index in [2.05, 4.69) is 5.32 Å². The van der Waals surface area contributed by atoms with Crippen molar-refractivity contribution in [1.82, 2.24) is 4.90 Å². The highest BCUT2D eigenvalue weighted by molar-refractivity contribution is 7.91. The Morgan fingerprint density at radius 1 is 1.20 bits per heavy atom. The fraction of sp³-hybridized carbons (Fsp3) is 0.312. The molecule has 4 rings (SSSR count). The van der Waals surface area contributed by atoms with Gasteiger partial charge in [0.25, 0.3) is 0 Å². The van der Waals surface area contributed by atoms with Crippen molar-refractivity contribution >= 4 is 21.6 Å². The SMILES string of the molecule is O=C(Nc1ccc2c(c1)OCO2)N1CC(S(=O)(=O)Cc2ccco2)C1. The van der Waals surface area contributed by atoms with Gasteiger partial charge in [0, 0.05) is 24.8 Å². The maximum atomic E-state index is 12.3. The maximum absolute atomic E-state index is 12.3. The Balaban J connectivity index is 1.33. The minimum Gasteiger partial charge on any atom is -0.468 e. The standard InChI is InChI=1S/C16H16N2O6S/c19-16(17-11-3-4-14-15(6-11)24-10-23-14)18-7-13(8-18)25(20,21)9-12-2-1-5-22-12/h1-6,13H,7-10H2,(H,17,19). The summed E-state index contributed by atoms with van der Waals surface area (Å²) in [5.41, 5.74) is 0.566. The third-order valence-electron chi connectivity index (χ3n) is 4.19. The molecule has 1 fully saturated rings. The van der Waals surface area contributed by atoms with Crippen molar-refractivity contribution in [3.8, 4) is 11.5 Å². The molecule has 9 heteroatoms. The van der Waals surface area contributed by atoms with Gasteiger partial charge >= 0.3 is 6.03 Å². The minimum atomic E-state index is -3.35. The van der Waals surface area contributed by atoms with Crippen LogP contribution in [-0.2, 0) is 15.6 Å². The maximum Gasteiger partial charge on any atom is 0.321 e. The number of sulfone groups is 1.